The average molecular weight is 601 g/mol. The van der Waals surface area contributed by atoms with Crippen molar-refractivity contribution in [2.24, 2.45) is 17.3 Å². The molecule has 1 saturated carbocycles. The number of allylic oxidation sites excluding steroid dienone is 2. The summed E-state index contributed by atoms with van der Waals surface area (Å²) in [5.41, 5.74) is 3.55. The van der Waals surface area contributed by atoms with Gasteiger partial charge in [-0.3, -0.25) is 0 Å². The molecule has 1 fully saturated rings. The molecule has 0 amide bonds. The van der Waals surface area contributed by atoms with Crippen LogP contribution in [0.1, 0.15) is 42.0 Å². The van der Waals surface area contributed by atoms with Crippen LogP contribution in [0.25, 0.3) is 5.57 Å². The number of hydrogen-bond acceptors (Lipinski definition) is 1. The van der Waals surface area contributed by atoms with Crippen molar-refractivity contribution in [2.75, 3.05) is 0 Å². The molecular weight excluding hydrogens is 562 g/mol. The summed E-state index contributed by atoms with van der Waals surface area (Å²) in [7, 11) is -1.33. The van der Waals surface area contributed by atoms with E-state index in [0.717, 1.165) is 0 Å². The highest BCUT2D eigenvalue weighted by molar-refractivity contribution is 7.80. The summed E-state index contributed by atoms with van der Waals surface area (Å²) in [4.78, 5) is 2.98. The van der Waals surface area contributed by atoms with Gasteiger partial charge in [0.25, 0.3) is 0 Å². The van der Waals surface area contributed by atoms with Gasteiger partial charge in [0.1, 0.15) is 0 Å². The molecule has 1 heterocycles. The maximum absolute atomic E-state index is 2.57. The van der Waals surface area contributed by atoms with E-state index in [4.69, 9.17) is 0 Å². The fraction of sp³-hybridized carbons (Fsp3) is 0.231. The standard InChI is InChI=1S/C39H38P2S/c1-27-35(37(28(2)42-27)40(29-17-9-5-10-18-29)30-19-11-6-12-20-30)36-33-25-26-34(39(33,3)4)38(36)41(31-21-13-7-14-22-31)32-23-15-8-16-24-32/h5-24,33-34H,25-26H2,1-4H3/t33-,34+/m0/s1. The van der Waals surface area contributed by atoms with Crippen molar-refractivity contribution in [1.29, 1.82) is 0 Å². The van der Waals surface area contributed by atoms with Crippen molar-refractivity contribution in [3.63, 3.8) is 0 Å². The van der Waals surface area contributed by atoms with Gasteiger partial charge >= 0.3 is 0 Å². The molecule has 0 aliphatic heterocycles. The van der Waals surface area contributed by atoms with Crippen LogP contribution in [0.4, 0.5) is 0 Å². The van der Waals surface area contributed by atoms with Gasteiger partial charge in [0, 0.05) is 20.6 Å². The zero-order chi connectivity index (χ0) is 28.8. The molecule has 0 nitrogen and oxygen atoms in total. The van der Waals surface area contributed by atoms with Crippen LogP contribution in [0.2, 0.25) is 0 Å². The number of thiophene rings is 1. The summed E-state index contributed by atoms with van der Waals surface area (Å²) in [6.07, 6.45) is 2.60. The van der Waals surface area contributed by atoms with Crippen molar-refractivity contribution < 1.29 is 0 Å². The summed E-state index contributed by atoms with van der Waals surface area (Å²) >= 11 is 2.02. The Morgan fingerprint density at radius 1 is 0.548 bits per heavy atom. The van der Waals surface area contributed by atoms with E-state index in [1.807, 2.05) is 11.3 Å². The normalized spacial score (nSPS) is 19.3. The molecular formula is C39H38P2S. The van der Waals surface area contributed by atoms with Gasteiger partial charge in [0.2, 0.25) is 0 Å². The molecule has 1 aromatic heterocycles. The van der Waals surface area contributed by atoms with E-state index in [1.165, 1.54) is 43.8 Å². The Balaban J connectivity index is 1.54. The fourth-order valence-electron chi connectivity index (χ4n) is 7.67. The third-order valence-electron chi connectivity index (χ3n) is 9.51. The van der Waals surface area contributed by atoms with Crippen molar-refractivity contribution in [2.45, 2.75) is 40.5 Å². The Bertz CT molecular complexity index is 1640. The van der Waals surface area contributed by atoms with Gasteiger partial charge in [0.15, 0.2) is 0 Å². The maximum atomic E-state index is 2.57. The molecule has 0 spiro atoms. The molecule has 0 unspecified atom stereocenters. The van der Waals surface area contributed by atoms with E-state index in [-0.39, 0.29) is 5.41 Å². The summed E-state index contributed by atoms with van der Waals surface area (Å²) in [5, 5.41) is 9.19. The lowest BCUT2D eigenvalue weighted by molar-refractivity contribution is 0.281. The Kier molecular flexibility index (Phi) is 7.56. The lowest BCUT2D eigenvalue weighted by Gasteiger charge is -2.31. The van der Waals surface area contributed by atoms with E-state index < -0.39 is 15.8 Å². The van der Waals surface area contributed by atoms with Crippen molar-refractivity contribution in [3.05, 3.63) is 142 Å². The Labute approximate surface area is 258 Å². The topological polar surface area (TPSA) is 0 Å². The van der Waals surface area contributed by atoms with Crippen LogP contribution in [0.5, 0.6) is 0 Å². The van der Waals surface area contributed by atoms with Gasteiger partial charge in [-0.05, 0) is 91.9 Å². The van der Waals surface area contributed by atoms with Gasteiger partial charge in [-0.2, -0.15) is 0 Å². The van der Waals surface area contributed by atoms with E-state index in [9.17, 15) is 0 Å². The lowest BCUT2D eigenvalue weighted by atomic mass is 9.78. The molecule has 2 atom stereocenters. The molecule has 7 rings (SSSR count). The molecule has 0 N–H and O–H groups in total. The number of rotatable bonds is 7. The monoisotopic (exact) mass is 600 g/mol. The first-order valence-corrected chi connectivity index (χ1v) is 18.6. The second kappa shape index (κ2) is 11.4. The van der Waals surface area contributed by atoms with Crippen LogP contribution in [0.15, 0.2) is 127 Å². The van der Waals surface area contributed by atoms with Gasteiger partial charge in [-0.25, -0.2) is 0 Å². The molecule has 3 heteroatoms. The molecule has 0 saturated heterocycles. The van der Waals surface area contributed by atoms with Crippen molar-refractivity contribution >= 4 is 59.3 Å². The first-order valence-electron chi connectivity index (χ1n) is 15.1. The number of aryl methyl sites for hydroxylation is 2. The fourth-order valence-corrected chi connectivity index (χ4v) is 14.8. The molecule has 0 radical (unpaired) electrons. The summed E-state index contributed by atoms with van der Waals surface area (Å²) in [6, 6.07) is 45.4. The Morgan fingerprint density at radius 2 is 0.952 bits per heavy atom. The first kappa shape index (κ1) is 28.0. The first-order chi connectivity index (χ1) is 20.5. The van der Waals surface area contributed by atoms with Crippen LogP contribution in [-0.4, -0.2) is 0 Å². The number of benzene rings is 4. The molecule has 4 aromatic carbocycles. The summed E-state index contributed by atoms with van der Waals surface area (Å²) in [5.74, 6) is 1.20. The molecule has 210 valence electrons. The Hall–Kier alpha value is -2.82. The van der Waals surface area contributed by atoms with Gasteiger partial charge < -0.3 is 0 Å². The molecule has 2 aliphatic carbocycles. The smallest absolute Gasteiger partial charge is 0.0107 e. The van der Waals surface area contributed by atoms with Crippen LogP contribution in [-0.2, 0) is 0 Å². The minimum Gasteiger partial charge on any atom is -0.145 e. The van der Waals surface area contributed by atoms with E-state index in [0.29, 0.717) is 11.8 Å². The number of hydrogen-bond donors (Lipinski definition) is 0. The highest BCUT2D eigenvalue weighted by Crippen LogP contribution is 2.70. The maximum Gasteiger partial charge on any atom is 0.0107 e. The molecule has 42 heavy (non-hydrogen) atoms. The van der Waals surface area contributed by atoms with Crippen molar-refractivity contribution in [3.8, 4) is 0 Å². The van der Waals surface area contributed by atoms with Crippen molar-refractivity contribution in [1.82, 2.24) is 0 Å². The van der Waals surface area contributed by atoms with Crippen LogP contribution in [0, 0.1) is 31.1 Å². The molecule has 2 bridgehead atoms. The highest BCUT2D eigenvalue weighted by atomic mass is 32.1. The minimum absolute atomic E-state index is 0.261. The lowest BCUT2D eigenvalue weighted by Crippen LogP contribution is -2.25. The Morgan fingerprint density at radius 3 is 1.40 bits per heavy atom. The largest absolute Gasteiger partial charge is 0.145 e. The third kappa shape index (κ3) is 4.66. The van der Waals surface area contributed by atoms with Crippen LogP contribution < -0.4 is 26.5 Å². The predicted molar refractivity (Wildman–Crippen MR) is 188 cm³/mol. The summed E-state index contributed by atoms with van der Waals surface area (Å²) in [6.45, 7) is 9.92. The van der Waals surface area contributed by atoms with E-state index >= 15 is 0 Å². The second-order valence-corrected chi connectivity index (χ2v) is 18.0. The van der Waals surface area contributed by atoms with Gasteiger partial charge in [0.05, 0.1) is 0 Å². The van der Waals surface area contributed by atoms with Crippen LogP contribution in [0.3, 0.4) is 0 Å². The summed E-state index contributed by atoms with van der Waals surface area (Å²) < 4.78 is 0. The van der Waals surface area contributed by atoms with E-state index in [2.05, 4.69) is 149 Å². The molecule has 2 aliphatic rings. The highest BCUT2D eigenvalue weighted by Gasteiger charge is 2.55. The second-order valence-electron chi connectivity index (χ2n) is 12.3. The zero-order valence-electron chi connectivity index (χ0n) is 24.9. The predicted octanol–water partition coefficient (Wildman–Crippen LogP) is 9.03. The third-order valence-corrected chi connectivity index (χ3v) is 16.0. The van der Waals surface area contributed by atoms with Gasteiger partial charge in [-0.1, -0.05) is 135 Å². The average Bonchev–Trinajstić information content (AvgIpc) is 3.56. The molecule has 5 aromatic rings. The SMILES string of the molecule is Cc1sc(C)c(P(c2ccccc2)c2ccccc2)c1C1=C(P(c2ccccc2)c2ccccc2)[C@H]2CC[C@@H]1C2(C)C. The minimum atomic E-state index is -0.686. The quantitative estimate of drug-likeness (QED) is 0.164. The van der Waals surface area contributed by atoms with Gasteiger partial charge in [-0.15, -0.1) is 11.3 Å². The van der Waals surface area contributed by atoms with Crippen LogP contribution >= 0.6 is 27.2 Å². The number of fused-ring (bicyclic) bond motifs is 2. The zero-order valence-corrected chi connectivity index (χ0v) is 27.5. The van der Waals surface area contributed by atoms with E-state index in [1.54, 1.807) is 21.8 Å².